The molecule has 0 aliphatic heterocycles. The van der Waals surface area contributed by atoms with E-state index in [1.807, 2.05) is 36.4 Å². The van der Waals surface area contributed by atoms with Crippen LogP contribution in [0.2, 0.25) is 20.1 Å². The molecule has 0 amide bonds. The van der Waals surface area contributed by atoms with Crippen LogP contribution in [0.25, 0.3) is 32.3 Å². The zero-order valence-corrected chi connectivity index (χ0v) is 14.2. The first-order valence-corrected chi connectivity index (χ1v) is 8.16. The van der Waals surface area contributed by atoms with Crippen LogP contribution in [0, 0.1) is 0 Å². The van der Waals surface area contributed by atoms with Crippen molar-refractivity contribution in [3.05, 3.63) is 68.6 Å². The minimum Gasteiger partial charge on any atom is -0.0836 e. The molecule has 0 fully saturated rings. The zero-order chi connectivity index (χ0) is 15.4. The smallest absolute Gasteiger partial charge is 0.0579 e. The molecule has 4 aromatic rings. The van der Waals surface area contributed by atoms with Crippen molar-refractivity contribution in [2.24, 2.45) is 0 Å². The largest absolute Gasteiger partial charge is 0.0836 e. The fraction of sp³-hybridized carbons (Fsp3) is 0. The Bertz CT molecular complexity index is 982. The predicted molar refractivity (Wildman–Crippen MR) is 99.0 cm³/mol. The van der Waals surface area contributed by atoms with E-state index in [4.69, 9.17) is 46.4 Å². The highest BCUT2D eigenvalue weighted by Gasteiger charge is 2.17. The summed E-state index contributed by atoms with van der Waals surface area (Å²) >= 11 is 25.9. The van der Waals surface area contributed by atoms with Crippen molar-refractivity contribution in [3.63, 3.8) is 0 Å². The highest BCUT2D eigenvalue weighted by Crippen LogP contribution is 2.45. The molecule has 0 spiro atoms. The van der Waals surface area contributed by atoms with Crippen LogP contribution >= 0.6 is 46.4 Å². The minimum absolute atomic E-state index is 0.543. The molecule has 4 heteroatoms. The van der Waals surface area contributed by atoms with Gasteiger partial charge >= 0.3 is 0 Å². The zero-order valence-electron chi connectivity index (χ0n) is 11.1. The summed E-state index contributed by atoms with van der Waals surface area (Å²) in [5, 5.41) is 7.59. The molecule has 4 rings (SSSR count). The Hall–Kier alpha value is -1.18. The number of halogens is 4. The Morgan fingerprint density at radius 3 is 1.36 bits per heavy atom. The maximum absolute atomic E-state index is 6.62. The van der Waals surface area contributed by atoms with Gasteiger partial charge in [-0.1, -0.05) is 70.7 Å². The number of hydrogen-bond donors (Lipinski definition) is 0. The summed E-state index contributed by atoms with van der Waals surface area (Å²) in [5.74, 6) is 0. The summed E-state index contributed by atoms with van der Waals surface area (Å²) in [5.41, 5.74) is 0. The Morgan fingerprint density at radius 1 is 0.545 bits per heavy atom. The van der Waals surface area contributed by atoms with Crippen molar-refractivity contribution in [1.29, 1.82) is 0 Å². The molecule has 4 aromatic carbocycles. The summed E-state index contributed by atoms with van der Waals surface area (Å²) in [6.07, 6.45) is 0. The standard InChI is InChI=1S/C18H8Cl4/c19-13-5-6-14(20)16-15(13)17(21)11-7-9-3-1-2-4-10(9)8-12(11)18(16)22/h1-8H. The van der Waals surface area contributed by atoms with Crippen LogP contribution in [-0.2, 0) is 0 Å². The van der Waals surface area contributed by atoms with Gasteiger partial charge in [0.05, 0.1) is 20.1 Å². The van der Waals surface area contributed by atoms with E-state index in [1.54, 1.807) is 12.1 Å². The molecule has 0 N–H and O–H groups in total. The summed E-state index contributed by atoms with van der Waals surface area (Å²) in [4.78, 5) is 0. The van der Waals surface area contributed by atoms with Crippen LogP contribution in [0.3, 0.4) is 0 Å². The maximum Gasteiger partial charge on any atom is 0.0579 e. The third kappa shape index (κ3) is 1.99. The Morgan fingerprint density at radius 2 is 0.955 bits per heavy atom. The van der Waals surface area contributed by atoms with Gasteiger partial charge in [0.25, 0.3) is 0 Å². The van der Waals surface area contributed by atoms with Gasteiger partial charge in [-0.2, -0.15) is 0 Å². The average Bonchev–Trinajstić information content (AvgIpc) is 2.53. The van der Waals surface area contributed by atoms with Crippen LogP contribution in [0.5, 0.6) is 0 Å². The molecule has 0 saturated carbocycles. The Labute approximate surface area is 147 Å². The normalized spacial score (nSPS) is 11.6. The molecule has 0 saturated heterocycles. The van der Waals surface area contributed by atoms with E-state index >= 15 is 0 Å². The lowest BCUT2D eigenvalue weighted by atomic mass is 9.99. The molecule has 0 nitrogen and oxygen atoms in total. The van der Waals surface area contributed by atoms with E-state index in [0.29, 0.717) is 30.9 Å². The van der Waals surface area contributed by atoms with E-state index < -0.39 is 0 Å². The SMILES string of the molecule is Clc1ccc(Cl)c2c(Cl)c3cc4ccccc4cc3c(Cl)c12. The summed E-state index contributed by atoms with van der Waals surface area (Å²) in [6, 6.07) is 15.6. The average molecular weight is 366 g/mol. The summed E-state index contributed by atoms with van der Waals surface area (Å²) in [6.45, 7) is 0. The molecule has 0 heterocycles. The molecule has 108 valence electrons. The number of rotatable bonds is 0. The van der Waals surface area contributed by atoms with E-state index in [2.05, 4.69) is 0 Å². The molecule has 0 radical (unpaired) electrons. The van der Waals surface area contributed by atoms with Crippen LogP contribution in [0.1, 0.15) is 0 Å². The van der Waals surface area contributed by atoms with Crippen molar-refractivity contribution in [2.45, 2.75) is 0 Å². The monoisotopic (exact) mass is 364 g/mol. The minimum atomic E-state index is 0.543. The van der Waals surface area contributed by atoms with Crippen LogP contribution in [0.4, 0.5) is 0 Å². The van der Waals surface area contributed by atoms with Gasteiger partial charge in [-0.15, -0.1) is 0 Å². The molecule has 0 aliphatic rings. The molecular weight excluding hydrogens is 358 g/mol. The van der Waals surface area contributed by atoms with Crippen molar-refractivity contribution in [3.8, 4) is 0 Å². The number of hydrogen-bond acceptors (Lipinski definition) is 0. The fourth-order valence-electron chi connectivity index (χ4n) is 2.85. The van der Waals surface area contributed by atoms with Gasteiger partial charge in [0, 0.05) is 21.5 Å². The predicted octanol–water partition coefficient (Wildman–Crippen LogP) is 7.76. The van der Waals surface area contributed by atoms with Gasteiger partial charge in [-0.05, 0) is 35.0 Å². The topological polar surface area (TPSA) is 0 Å². The van der Waals surface area contributed by atoms with Crippen molar-refractivity contribution in [2.75, 3.05) is 0 Å². The quantitative estimate of drug-likeness (QED) is 0.279. The summed E-state index contributed by atoms with van der Waals surface area (Å²) in [7, 11) is 0. The fourth-order valence-corrected chi connectivity index (χ4v) is 4.16. The Balaban J connectivity index is 2.34. The maximum atomic E-state index is 6.62. The van der Waals surface area contributed by atoms with E-state index in [0.717, 1.165) is 21.5 Å². The lowest BCUT2D eigenvalue weighted by Crippen LogP contribution is -1.86. The van der Waals surface area contributed by atoms with Crippen LogP contribution in [0.15, 0.2) is 48.5 Å². The van der Waals surface area contributed by atoms with E-state index in [1.165, 1.54) is 0 Å². The molecular formula is C18H8Cl4. The van der Waals surface area contributed by atoms with Gasteiger partial charge in [0.2, 0.25) is 0 Å². The molecule has 0 bridgehead atoms. The number of benzene rings is 4. The van der Waals surface area contributed by atoms with Gasteiger partial charge < -0.3 is 0 Å². The van der Waals surface area contributed by atoms with Gasteiger partial charge in [0.15, 0.2) is 0 Å². The first kappa shape index (κ1) is 14.4. The first-order valence-electron chi connectivity index (χ1n) is 6.65. The van der Waals surface area contributed by atoms with Gasteiger partial charge in [-0.3, -0.25) is 0 Å². The van der Waals surface area contributed by atoms with Crippen molar-refractivity contribution < 1.29 is 0 Å². The lowest BCUT2D eigenvalue weighted by molar-refractivity contribution is 1.77. The van der Waals surface area contributed by atoms with Crippen LogP contribution in [-0.4, -0.2) is 0 Å². The summed E-state index contributed by atoms with van der Waals surface area (Å²) < 4.78 is 0. The molecule has 0 unspecified atom stereocenters. The second-order valence-corrected chi connectivity index (χ2v) is 6.72. The van der Waals surface area contributed by atoms with Crippen molar-refractivity contribution in [1.82, 2.24) is 0 Å². The van der Waals surface area contributed by atoms with Gasteiger partial charge in [-0.25, -0.2) is 0 Å². The van der Waals surface area contributed by atoms with E-state index in [9.17, 15) is 0 Å². The second-order valence-electron chi connectivity index (χ2n) is 5.15. The van der Waals surface area contributed by atoms with Crippen LogP contribution < -0.4 is 0 Å². The molecule has 0 aliphatic carbocycles. The third-order valence-electron chi connectivity index (χ3n) is 3.90. The molecule has 0 atom stereocenters. The number of fused-ring (bicyclic) bond motifs is 3. The second kappa shape index (κ2) is 5.18. The highest BCUT2D eigenvalue weighted by atomic mass is 35.5. The highest BCUT2D eigenvalue weighted by molar-refractivity contribution is 6.53. The van der Waals surface area contributed by atoms with Crippen molar-refractivity contribution >= 4 is 78.7 Å². The lowest BCUT2D eigenvalue weighted by Gasteiger charge is -2.13. The van der Waals surface area contributed by atoms with Gasteiger partial charge in [0.1, 0.15) is 0 Å². The molecule has 22 heavy (non-hydrogen) atoms. The Kier molecular flexibility index (Phi) is 3.39. The first-order chi connectivity index (χ1) is 10.6. The molecule has 0 aromatic heterocycles. The van der Waals surface area contributed by atoms with E-state index in [-0.39, 0.29) is 0 Å². The third-order valence-corrected chi connectivity index (χ3v) is 5.32.